The molecule has 2 saturated carbocycles. The van der Waals surface area contributed by atoms with Crippen LogP contribution in [0.1, 0.15) is 176 Å². The number of aryl methyl sites for hydroxylation is 2. The SMILES string of the molecule is CCCCC[C@@H](CCC1C(=O)CC2Cc3c(C)cccc3CC21)OC1CCCCO1.CCCCC[C@@H](CCC1C(O)CC2Cc3c(C)cccc3CC21)OC1CCCCO1. The highest BCUT2D eigenvalue weighted by molar-refractivity contribution is 5.84. The van der Waals surface area contributed by atoms with Crippen molar-refractivity contribution in [2.75, 3.05) is 13.2 Å². The highest BCUT2D eigenvalue weighted by Gasteiger charge is 2.46. The van der Waals surface area contributed by atoms with E-state index >= 15 is 0 Å². The van der Waals surface area contributed by atoms with E-state index in [2.05, 4.69) is 64.1 Å². The number of aliphatic hydroxyl groups excluding tert-OH is 1. The van der Waals surface area contributed by atoms with Crippen molar-refractivity contribution in [3.05, 3.63) is 69.8 Å². The van der Waals surface area contributed by atoms with Crippen molar-refractivity contribution in [2.24, 2.45) is 35.5 Å². The molecule has 6 aliphatic rings. The van der Waals surface area contributed by atoms with Gasteiger partial charge in [0.2, 0.25) is 0 Å². The number of ether oxygens (including phenoxy) is 4. The van der Waals surface area contributed by atoms with Gasteiger partial charge in [-0.25, -0.2) is 0 Å². The summed E-state index contributed by atoms with van der Waals surface area (Å²) in [6, 6.07) is 13.5. The van der Waals surface area contributed by atoms with Crippen LogP contribution in [0.2, 0.25) is 0 Å². The van der Waals surface area contributed by atoms with E-state index in [0.29, 0.717) is 35.4 Å². The van der Waals surface area contributed by atoms with Crippen LogP contribution in [0, 0.1) is 49.4 Å². The quantitative estimate of drug-likeness (QED) is 0.151. The number of benzene rings is 2. The molecule has 1 N–H and O–H groups in total. The molecule has 2 saturated heterocycles. The summed E-state index contributed by atoms with van der Waals surface area (Å²) < 4.78 is 24.6. The molecule has 8 rings (SSSR count). The Bertz CT molecular complexity index is 1610. The average Bonchev–Trinajstić information content (AvgIpc) is 3.74. The zero-order valence-corrected chi connectivity index (χ0v) is 38.2. The van der Waals surface area contributed by atoms with Gasteiger partial charge in [0.15, 0.2) is 12.6 Å². The van der Waals surface area contributed by atoms with E-state index in [4.69, 9.17) is 18.9 Å². The lowest BCUT2D eigenvalue weighted by atomic mass is 9.73. The molecular formula is C54H82O6. The molecular weight excluding hydrogens is 745 g/mol. The van der Waals surface area contributed by atoms with Gasteiger partial charge in [-0.05, 0) is 186 Å². The zero-order chi connectivity index (χ0) is 41.8. The van der Waals surface area contributed by atoms with Crippen LogP contribution in [-0.4, -0.2) is 55.0 Å². The lowest BCUT2D eigenvalue weighted by Gasteiger charge is -2.33. The smallest absolute Gasteiger partial charge is 0.157 e. The summed E-state index contributed by atoms with van der Waals surface area (Å²) in [4.78, 5) is 13.0. The number of carbonyl (C=O) groups is 1. The number of carbonyl (C=O) groups excluding carboxylic acids is 1. The maximum atomic E-state index is 13.0. The molecule has 0 amide bonds. The van der Waals surface area contributed by atoms with E-state index in [1.807, 2.05) is 0 Å². The van der Waals surface area contributed by atoms with Crippen molar-refractivity contribution in [3.8, 4) is 0 Å². The van der Waals surface area contributed by atoms with Crippen LogP contribution < -0.4 is 0 Å². The first-order valence-corrected chi connectivity index (χ1v) is 25.2. The Kier molecular flexibility index (Phi) is 17.6. The van der Waals surface area contributed by atoms with Crippen LogP contribution in [0.15, 0.2) is 36.4 Å². The van der Waals surface area contributed by atoms with Gasteiger partial charge in [0.1, 0.15) is 5.78 Å². The topological polar surface area (TPSA) is 74.2 Å². The average molecular weight is 827 g/mol. The molecule has 2 aromatic rings. The summed E-state index contributed by atoms with van der Waals surface area (Å²) in [7, 11) is 0. The van der Waals surface area contributed by atoms with Crippen LogP contribution in [0.4, 0.5) is 0 Å². The fraction of sp³-hybridized carbons (Fsp3) is 0.759. The van der Waals surface area contributed by atoms with Gasteiger partial charge in [-0.1, -0.05) is 88.8 Å². The monoisotopic (exact) mass is 827 g/mol. The number of Topliss-reactive ketones (excluding diaryl/α,β-unsaturated/α-hetero) is 1. The van der Waals surface area contributed by atoms with Crippen molar-refractivity contribution in [1.82, 2.24) is 0 Å². The highest BCUT2D eigenvalue weighted by Crippen LogP contribution is 2.48. The summed E-state index contributed by atoms with van der Waals surface area (Å²) >= 11 is 0. The second-order valence-corrected chi connectivity index (χ2v) is 20.1. The van der Waals surface area contributed by atoms with Crippen LogP contribution in [0.5, 0.6) is 0 Å². The first kappa shape index (κ1) is 45.9. The molecule has 6 heteroatoms. The summed E-state index contributed by atoms with van der Waals surface area (Å²) in [6.07, 6.45) is 27.3. The second kappa shape index (κ2) is 23.0. The molecule has 6 nitrogen and oxygen atoms in total. The Morgan fingerprint density at radius 1 is 0.650 bits per heavy atom. The number of ketones is 1. The van der Waals surface area contributed by atoms with Gasteiger partial charge >= 0.3 is 0 Å². The molecule has 4 fully saturated rings. The molecule has 334 valence electrons. The van der Waals surface area contributed by atoms with Crippen molar-refractivity contribution >= 4 is 5.78 Å². The van der Waals surface area contributed by atoms with Gasteiger partial charge in [0, 0.05) is 25.6 Å². The van der Waals surface area contributed by atoms with E-state index in [0.717, 1.165) is 110 Å². The Balaban J connectivity index is 0.000000181. The molecule has 0 spiro atoms. The minimum absolute atomic E-state index is 0.00356. The van der Waals surface area contributed by atoms with Gasteiger partial charge in [-0.2, -0.15) is 0 Å². The largest absolute Gasteiger partial charge is 0.393 e. The van der Waals surface area contributed by atoms with Crippen molar-refractivity contribution in [1.29, 1.82) is 0 Å². The lowest BCUT2D eigenvalue weighted by molar-refractivity contribution is -0.191. The molecule has 60 heavy (non-hydrogen) atoms. The van der Waals surface area contributed by atoms with Gasteiger partial charge in [-0.3, -0.25) is 4.79 Å². The maximum absolute atomic E-state index is 13.0. The van der Waals surface area contributed by atoms with Crippen molar-refractivity contribution in [2.45, 2.75) is 213 Å². The van der Waals surface area contributed by atoms with Crippen LogP contribution >= 0.6 is 0 Å². The lowest BCUT2D eigenvalue weighted by Crippen LogP contribution is -2.31. The number of hydrogen-bond acceptors (Lipinski definition) is 6. The van der Waals surface area contributed by atoms with Crippen LogP contribution in [0.25, 0.3) is 0 Å². The Morgan fingerprint density at radius 3 is 1.75 bits per heavy atom. The van der Waals surface area contributed by atoms with Gasteiger partial charge < -0.3 is 24.1 Å². The summed E-state index contributed by atoms with van der Waals surface area (Å²) in [5.41, 5.74) is 8.92. The number of fused-ring (bicyclic) bond motifs is 4. The Hall–Kier alpha value is -2.09. The molecule has 2 aromatic carbocycles. The molecule has 4 aliphatic carbocycles. The molecule has 2 aliphatic heterocycles. The van der Waals surface area contributed by atoms with Gasteiger partial charge in [0.25, 0.3) is 0 Å². The third-order valence-corrected chi connectivity index (χ3v) is 15.9. The normalized spacial score (nSPS) is 30.7. The first-order valence-electron chi connectivity index (χ1n) is 25.2. The third kappa shape index (κ3) is 12.1. The predicted octanol–water partition coefficient (Wildman–Crippen LogP) is 12.2. The van der Waals surface area contributed by atoms with E-state index in [-0.39, 0.29) is 36.8 Å². The summed E-state index contributed by atoms with van der Waals surface area (Å²) in [6.45, 7) is 10.6. The van der Waals surface area contributed by atoms with Crippen LogP contribution in [0.3, 0.4) is 0 Å². The molecule has 0 aromatic heterocycles. The standard InChI is InChI=1S/C27H42O3.C27H40O3/c2*1-3-4-5-11-22(30-27-12-6-7-15-29-27)13-14-23-25-16-20-10-8-9-19(2)24(20)17-21(25)18-26(23)28/h8-10,21-23,25-28H,3-7,11-18H2,1-2H3;8-10,21-23,25,27H,3-7,11-18H2,1-2H3/t21?,22-,23?,25?,26?,27?;21?,22-,23?,25?,27?/m00/s1. The Labute approximate surface area is 364 Å². The third-order valence-electron chi connectivity index (χ3n) is 15.9. The highest BCUT2D eigenvalue weighted by atomic mass is 16.7. The van der Waals surface area contributed by atoms with Gasteiger partial charge in [-0.15, -0.1) is 0 Å². The zero-order valence-electron chi connectivity index (χ0n) is 38.2. The first-order chi connectivity index (χ1) is 29.3. The summed E-state index contributed by atoms with van der Waals surface area (Å²) in [5, 5.41) is 11.0. The number of rotatable bonds is 18. The molecule has 2 heterocycles. The van der Waals surface area contributed by atoms with Crippen molar-refractivity contribution in [3.63, 3.8) is 0 Å². The van der Waals surface area contributed by atoms with E-state index in [1.54, 1.807) is 5.56 Å². The van der Waals surface area contributed by atoms with Crippen LogP contribution in [-0.2, 0) is 49.4 Å². The fourth-order valence-corrected chi connectivity index (χ4v) is 12.4. The molecule has 11 atom stereocenters. The maximum Gasteiger partial charge on any atom is 0.157 e. The number of unbranched alkanes of at least 4 members (excludes halogenated alkanes) is 4. The van der Waals surface area contributed by atoms with E-state index < -0.39 is 0 Å². The summed E-state index contributed by atoms with van der Waals surface area (Å²) in [5.74, 6) is 3.54. The molecule has 9 unspecified atom stereocenters. The van der Waals surface area contributed by atoms with E-state index in [9.17, 15) is 9.90 Å². The molecule has 0 bridgehead atoms. The number of hydrogen-bond donors (Lipinski definition) is 1. The Morgan fingerprint density at radius 2 is 1.20 bits per heavy atom. The minimum Gasteiger partial charge on any atom is -0.393 e. The number of aliphatic hydroxyl groups is 1. The van der Waals surface area contributed by atoms with E-state index in [1.165, 1.54) is 85.6 Å². The minimum atomic E-state index is -0.142. The van der Waals surface area contributed by atoms with Crippen molar-refractivity contribution < 1.29 is 28.8 Å². The fourth-order valence-electron chi connectivity index (χ4n) is 12.4. The predicted molar refractivity (Wildman–Crippen MR) is 242 cm³/mol. The van der Waals surface area contributed by atoms with Gasteiger partial charge in [0.05, 0.1) is 18.3 Å². The molecule has 0 radical (unpaired) electrons. The second-order valence-electron chi connectivity index (χ2n) is 20.1.